The first kappa shape index (κ1) is 24.3. The van der Waals surface area contributed by atoms with Gasteiger partial charge in [0.05, 0.1) is 24.4 Å². The molecule has 0 aliphatic carbocycles. The lowest BCUT2D eigenvalue weighted by Gasteiger charge is -2.16. The Balaban J connectivity index is 2.22. The lowest BCUT2D eigenvalue weighted by molar-refractivity contribution is -0.136. The molecule has 0 radical (unpaired) electrons. The SMILES string of the molecule is CC[C@H](O)/C=C/[C@@H]1O[C@@H]([C@@H](O)C/C=C\C/C=C\C/C=C\CCC(=O)O)C[C@H]1O. The van der Waals surface area contributed by atoms with E-state index < -0.39 is 36.5 Å². The molecule has 1 rings (SSSR count). The molecular formula is C22H34O6. The summed E-state index contributed by atoms with van der Waals surface area (Å²) in [6.07, 6.45) is 15.9. The van der Waals surface area contributed by atoms with E-state index in [4.69, 9.17) is 9.84 Å². The first-order chi connectivity index (χ1) is 13.4. The molecule has 4 N–H and O–H groups in total. The van der Waals surface area contributed by atoms with Crippen LogP contribution in [0.5, 0.6) is 0 Å². The molecule has 0 spiro atoms. The van der Waals surface area contributed by atoms with Crippen molar-refractivity contribution in [1.29, 1.82) is 0 Å². The second-order valence-corrected chi connectivity index (χ2v) is 6.92. The van der Waals surface area contributed by atoms with Gasteiger partial charge in [0.15, 0.2) is 0 Å². The molecule has 1 saturated heterocycles. The fourth-order valence-corrected chi connectivity index (χ4v) is 2.77. The van der Waals surface area contributed by atoms with Crippen LogP contribution in [0.15, 0.2) is 48.6 Å². The summed E-state index contributed by atoms with van der Waals surface area (Å²) in [4.78, 5) is 10.4. The van der Waals surface area contributed by atoms with E-state index in [1.54, 1.807) is 12.2 Å². The van der Waals surface area contributed by atoms with Crippen molar-refractivity contribution in [3.8, 4) is 0 Å². The number of allylic oxidation sites excluding steroid dienone is 5. The molecule has 5 atom stereocenters. The molecule has 28 heavy (non-hydrogen) atoms. The standard InChI is InChI=1S/C22H34O6/c1-2-17(23)14-15-20-19(25)16-21(28-20)18(24)12-10-8-6-4-3-5-7-9-11-13-22(26)27/h3-4,7-10,14-15,17-21,23-25H,2,5-6,11-13,16H2,1H3,(H,26,27)/b4-3-,9-7-,10-8-,15-14+/t17-,18-,19+,20-,21+/m0/s1. The highest BCUT2D eigenvalue weighted by Gasteiger charge is 2.35. The molecular weight excluding hydrogens is 360 g/mol. The zero-order valence-electron chi connectivity index (χ0n) is 16.6. The number of carbonyl (C=O) groups is 1. The first-order valence-corrected chi connectivity index (χ1v) is 9.98. The number of hydrogen-bond acceptors (Lipinski definition) is 5. The Kier molecular flexibility index (Phi) is 12.4. The maximum absolute atomic E-state index is 10.4. The number of rotatable bonds is 13. The molecule has 1 fully saturated rings. The highest BCUT2D eigenvalue weighted by atomic mass is 16.5. The van der Waals surface area contributed by atoms with Crippen molar-refractivity contribution in [2.45, 2.75) is 82.4 Å². The Morgan fingerprint density at radius 2 is 1.75 bits per heavy atom. The van der Waals surface area contributed by atoms with Gasteiger partial charge in [0.2, 0.25) is 0 Å². The number of aliphatic hydroxyl groups excluding tert-OH is 3. The van der Waals surface area contributed by atoms with E-state index in [9.17, 15) is 20.1 Å². The van der Waals surface area contributed by atoms with E-state index in [1.165, 1.54) is 0 Å². The van der Waals surface area contributed by atoms with Crippen LogP contribution in [0.3, 0.4) is 0 Å². The van der Waals surface area contributed by atoms with Crippen LogP contribution in [0.4, 0.5) is 0 Å². The van der Waals surface area contributed by atoms with Gasteiger partial charge in [-0.2, -0.15) is 0 Å². The van der Waals surface area contributed by atoms with Gasteiger partial charge in [0.25, 0.3) is 0 Å². The summed E-state index contributed by atoms with van der Waals surface area (Å²) in [5.74, 6) is -0.785. The number of hydrogen-bond donors (Lipinski definition) is 4. The highest BCUT2D eigenvalue weighted by molar-refractivity contribution is 5.66. The van der Waals surface area contributed by atoms with Gasteiger partial charge < -0.3 is 25.2 Å². The Labute approximate surface area is 167 Å². The van der Waals surface area contributed by atoms with Crippen LogP contribution in [0, 0.1) is 0 Å². The van der Waals surface area contributed by atoms with Gasteiger partial charge in [-0.05, 0) is 32.1 Å². The van der Waals surface area contributed by atoms with E-state index in [2.05, 4.69) is 0 Å². The molecule has 0 aromatic rings. The third kappa shape index (κ3) is 10.6. The lowest BCUT2D eigenvalue weighted by atomic mass is 10.0. The van der Waals surface area contributed by atoms with Crippen molar-refractivity contribution in [3.05, 3.63) is 48.6 Å². The number of aliphatic carboxylic acids is 1. The monoisotopic (exact) mass is 394 g/mol. The van der Waals surface area contributed by atoms with Gasteiger partial charge in [-0.25, -0.2) is 0 Å². The molecule has 1 aliphatic rings. The highest BCUT2D eigenvalue weighted by Crippen LogP contribution is 2.25. The van der Waals surface area contributed by atoms with Crippen LogP contribution >= 0.6 is 0 Å². The number of carboxylic acid groups (broad SMARTS) is 1. The third-order valence-corrected chi connectivity index (χ3v) is 4.50. The summed E-state index contributed by atoms with van der Waals surface area (Å²) >= 11 is 0. The summed E-state index contributed by atoms with van der Waals surface area (Å²) < 4.78 is 5.70. The Morgan fingerprint density at radius 3 is 2.39 bits per heavy atom. The number of carboxylic acids is 1. The van der Waals surface area contributed by atoms with Crippen LogP contribution < -0.4 is 0 Å². The van der Waals surface area contributed by atoms with Crippen molar-refractivity contribution in [2.24, 2.45) is 0 Å². The predicted molar refractivity (Wildman–Crippen MR) is 109 cm³/mol. The minimum atomic E-state index is -0.785. The van der Waals surface area contributed by atoms with Crippen molar-refractivity contribution in [1.82, 2.24) is 0 Å². The lowest BCUT2D eigenvalue weighted by Crippen LogP contribution is -2.25. The number of aliphatic hydroxyl groups is 3. The molecule has 0 amide bonds. The summed E-state index contributed by atoms with van der Waals surface area (Å²) in [7, 11) is 0. The van der Waals surface area contributed by atoms with Crippen molar-refractivity contribution in [3.63, 3.8) is 0 Å². The van der Waals surface area contributed by atoms with Crippen LogP contribution in [0.25, 0.3) is 0 Å². The predicted octanol–water partition coefficient (Wildman–Crippen LogP) is 2.90. The van der Waals surface area contributed by atoms with Crippen molar-refractivity contribution in [2.75, 3.05) is 0 Å². The Morgan fingerprint density at radius 1 is 1.11 bits per heavy atom. The molecule has 0 aromatic carbocycles. The zero-order valence-corrected chi connectivity index (χ0v) is 16.6. The Hall–Kier alpha value is -1.73. The fraction of sp³-hybridized carbons (Fsp3) is 0.591. The average molecular weight is 395 g/mol. The van der Waals surface area contributed by atoms with Gasteiger partial charge in [0.1, 0.15) is 6.10 Å². The van der Waals surface area contributed by atoms with Crippen LogP contribution in [-0.2, 0) is 9.53 Å². The molecule has 1 aliphatic heterocycles. The summed E-state index contributed by atoms with van der Waals surface area (Å²) in [5, 5.41) is 38.3. The maximum Gasteiger partial charge on any atom is 0.303 e. The molecule has 1 heterocycles. The van der Waals surface area contributed by atoms with Crippen molar-refractivity contribution >= 4 is 5.97 Å². The smallest absolute Gasteiger partial charge is 0.303 e. The van der Waals surface area contributed by atoms with Gasteiger partial charge in [-0.15, -0.1) is 0 Å². The van der Waals surface area contributed by atoms with Crippen molar-refractivity contribution < 1.29 is 30.0 Å². The molecule has 0 bridgehead atoms. The quantitative estimate of drug-likeness (QED) is 0.358. The topological polar surface area (TPSA) is 107 Å². The molecule has 0 unspecified atom stereocenters. The largest absolute Gasteiger partial charge is 0.481 e. The van der Waals surface area contributed by atoms with Gasteiger partial charge in [-0.3, -0.25) is 4.79 Å². The third-order valence-electron chi connectivity index (χ3n) is 4.50. The van der Waals surface area contributed by atoms with Crippen LogP contribution in [0.1, 0.15) is 51.9 Å². The van der Waals surface area contributed by atoms with Gasteiger partial charge >= 0.3 is 5.97 Å². The normalized spacial score (nSPS) is 25.5. The summed E-state index contributed by atoms with van der Waals surface area (Å²) in [6, 6.07) is 0. The molecule has 6 nitrogen and oxygen atoms in total. The Bertz CT molecular complexity index is 551. The average Bonchev–Trinajstić information content (AvgIpc) is 3.04. The first-order valence-electron chi connectivity index (χ1n) is 9.98. The van der Waals surface area contributed by atoms with Gasteiger partial charge in [0, 0.05) is 12.8 Å². The van der Waals surface area contributed by atoms with E-state index in [0.29, 0.717) is 25.7 Å². The summed E-state index contributed by atoms with van der Waals surface area (Å²) in [5.41, 5.74) is 0. The molecule has 6 heteroatoms. The second kappa shape index (κ2) is 14.3. The van der Waals surface area contributed by atoms with E-state index in [-0.39, 0.29) is 6.42 Å². The van der Waals surface area contributed by atoms with Gasteiger partial charge in [-0.1, -0.05) is 55.5 Å². The van der Waals surface area contributed by atoms with Crippen LogP contribution in [0.2, 0.25) is 0 Å². The second-order valence-electron chi connectivity index (χ2n) is 6.92. The number of ether oxygens (including phenoxy) is 1. The minimum absolute atomic E-state index is 0.157. The van der Waals surface area contributed by atoms with E-state index >= 15 is 0 Å². The maximum atomic E-state index is 10.4. The zero-order chi connectivity index (χ0) is 20.8. The van der Waals surface area contributed by atoms with Crippen LogP contribution in [-0.4, -0.2) is 56.9 Å². The molecule has 0 saturated carbocycles. The minimum Gasteiger partial charge on any atom is -0.481 e. The summed E-state index contributed by atoms with van der Waals surface area (Å²) in [6.45, 7) is 1.87. The van der Waals surface area contributed by atoms with E-state index in [1.807, 2.05) is 43.4 Å². The fourth-order valence-electron chi connectivity index (χ4n) is 2.77. The molecule has 158 valence electrons. The molecule has 0 aromatic heterocycles. The van der Waals surface area contributed by atoms with E-state index in [0.717, 1.165) is 12.8 Å².